The molecule has 0 unspecified atom stereocenters. The maximum Gasteiger partial charge on any atom is 0.209 e. The molecule has 1 amide bonds. The van der Waals surface area contributed by atoms with Crippen LogP contribution in [0.1, 0.15) is 20.3 Å². The quantitative estimate of drug-likeness (QED) is 0.562. The van der Waals surface area contributed by atoms with Crippen LogP contribution in [-0.4, -0.2) is 37.5 Å². The fourth-order valence-electron chi connectivity index (χ4n) is 0.788. The van der Waals surface area contributed by atoms with Gasteiger partial charge in [-0.2, -0.15) is 0 Å². The first-order chi connectivity index (χ1) is 5.35. The molecule has 3 nitrogen and oxygen atoms in total. The zero-order valence-corrected chi connectivity index (χ0v) is 7.47. The number of carbonyl (C=O) groups is 1. The van der Waals surface area contributed by atoms with Crippen molar-refractivity contribution in [3.63, 3.8) is 0 Å². The second kappa shape index (κ2) is 7.54. The van der Waals surface area contributed by atoms with Gasteiger partial charge in [0, 0.05) is 26.2 Å². The van der Waals surface area contributed by atoms with Gasteiger partial charge in [-0.1, -0.05) is 20.3 Å². The van der Waals surface area contributed by atoms with Crippen LogP contribution in [0, 0.1) is 0 Å². The van der Waals surface area contributed by atoms with E-state index in [1.807, 2.05) is 0 Å². The third kappa shape index (κ3) is 5.85. The van der Waals surface area contributed by atoms with Gasteiger partial charge in [0.05, 0.1) is 0 Å². The van der Waals surface area contributed by atoms with Crippen molar-refractivity contribution in [2.45, 2.75) is 20.3 Å². The van der Waals surface area contributed by atoms with Gasteiger partial charge in [-0.25, -0.2) is 0 Å². The van der Waals surface area contributed by atoms with Crippen molar-refractivity contribution in [3.05, 3.63) is 0 Å². The number of rotatable bonds is 1. The van der Waals surface area contributed by atoms with Gasteiger partial charge in [0.15, 0.2) is 0 Å². The number of amides is 1. The third-order valence-corrected chi connectivity index (χ3v) is 1.30. The maximum atomic E-state index is 10.1. The van der Waals surface area contributed by atoms with Crippen molar-refractivity contribution < 1.29 is 4.79 Å². The van der Waals surface area contributed by atoms with E-state index in [1.54, 1.807) is 4.90 Å². The molecule has 1 aliphatic rings. The lowest BCUT2D eigenvalue weighted by Gasteiger charge is -2.22. The van der Waals surface area contributed by atoms with Gasteiger partial charge in [0.1, 0.15) is 0 Å². The smallest absolute Gasteiger partial charge is 0.209 e. The Labute approximate surface area is 68.8 Å². The van der Waals surface area contributed by atoms with Crippen LogP contribution < -0.4 is 5.32 Å². The minimum Gasteiger partial charge on any atom is -0.343 e. The molecule has 1 rings (SSSR count). The Bertz CT molecular complexity index is 90.1. The molecule has 0 saturated carbocycles. The summed E-state index contributed by atoms with van der Waals surface area (Å²) in [7, 11) is 0. The van der Waals surface area contributed by atoms with E-state index in [2.05, 4.69) is 19.2 Å². The molecule has 0 aliphatic carbocycles. The Morgan fingerprint density at radius 2 is 1.82 bits per heavy atom. The van der Waals surface area contributed by atoms with Gasteiger partial charge in [-0.3, -0.25) is 4.79 Å². The highest BCUT2D eigenvalue weighted by Gasteiger charge is 2.04. The van der Waals surface area contributed by atoms with Crippen molar-refractivity contribution in [3.8, 4) is 0 Å². The Balaban J connectivity index is 0.000000292. The fraction of sp³-hybridized carbons (Fsp3) is 0.875. The summed E-state index contributed by atoms with van der Waals surface area (Å²) < 4.78 is 0. The summed E-state index contributed by atoms with van der Waals surface area (Å²) >= 11 is 0. The van der Waals surface area contributed by atoms with E-state index in [4.69, 9.17) is 0 Å². The summed E-state index contributed by atoms with van der Waals surface area (Å²) in [6.45, 7) is 7.87. The van der Waals surface area contributed by atoms with Crippen LogP contribution in [0.5, 0.6) is 0 Å². The summed E-state index contributed by atoms with van der Waals surface area (Å²) in [6.07, 6.45) is 2.15. The molecular formula is C8H18N2O. The first-order valence-corrected chi connectivity index (χ1v) is 4.25. The van der Waals surface area contributed by atoms with E-state index in [9.17, 15) is 4.79 Å². The molecule has 0 aromatic rings. The summed E-state index contributed by atoms with van der Waals surface area (Å²) in [5.74, 6) is 0. The third-order valence-electron chi connectivity index (χ3n) is 1.30. The van der Waals surface area contributed by atoms with Crippen molar-refractivity contribution in [1.82, 2.24) is 10.2 Å². The number of carbonyl (C=O) groups excluding carboxylic acids is 1. The molecule has 0 spiro atoms. The number of hydrogen-bond donors (Lipinski definition) is 1. The van der Waals surface area contributed by atoms with E-state index < -0.39 is 0 Å². The molecule has 1 fully saturated rings. The summed E-state index contributed by atoms with van der Waals surface area (Å²) in [5.41, 5.74) is 0. The first kappa shape index (κ1) is 10.4. The maximum absolute atomic E-state index is 10.1. The molecule has 66 valence electrons. The van der Waals surface area contributed by atoms with Crippen LogP contribution in [0.25, 0.3) is 0 Å². The van der Waals surface area contributed by atoms with Crippen molar-refractivity contribution >= 4 is 6.41 Å². The lowest BCUT2D eigenvalue weighted by atomic mass is 10.4. The topological polar surface area (TPSA) is 32.3 Å². The standard InChI is InChI=1S/C5H10N2O.C3H8/c8-5-7-3-1-6-2-4-7;1-3-2/h5-6H,1-4H2;3H2,1-2H3. The summed E-state index contributed by atoms with van der Waals surface area (Å²) in [4.78, 5) is 11.8. The van der Waals surface area contributed by atoms with Crippen LogP contribution >= 0.6 is 0 Å². The molecule has 0 aromatic carbocycles. The Morgan fingerprint density at radius 1 is 1.36 bits per heavy atom. The van der Waals surface area contributed by atoms with Gasteiger partial charge >= 0.3 is 0 Å². The molecule has 1 N–H and O–H groups in total. The molecule has 1 heterocycles. The zero-order valence-electron chi connectivity index (χ0n) is 7.47. The van der Waals surface area contributed by atoms with Crippen LogP contribution in [0.2, 0.25) is 0 Å². The Morgan fingerprint density at radius 3 is 2.09 bits per heavy atom. The SMILES string of the molecule is CCC.O=CN1CCNCC1. The van der Waals surface area contributed by atoms with E-state index >= 15 is 0 Å². The highest BCUT2D eigenvalue weighted by Crippen LogP contribution is 1.84. The molecule has 1 aliphatic heterocycles. The number of nitrogens with zero attached hydrogens (tertiary/aromatic N) is 1. The van der Waals surface area contributed by atoms with Gasteiger partial charge in [0.2, 0.25) is 6.41 Å². The minimum atomic E-state index is 0.865. The summed E-state index contributed by atoms with van der Waals surface area (Å²) in [6, 6.07) is 0. The van der Waals surface area contributed by atoms with E-state index in [0.29, 0.717) is 0 Å². The predicted octanol–water partition coefficient (Wildman–Crippen LogP) is 0.464. The van der Waals surface area contributed by atoms with E-state index in [0.717, 1.165) is 32.6 Å². The number of nitrogens with one attached hydrogen (secondary N) is 1. The van der Waals surface area contributed by atoms with E-state index in [-0.39, 0.29) is 0 Å². The van der Waals surface area contributed by atoms with Crippen LogP contribution in [0.15, 0.2) is 0 Å². The molecular weight excluding hydrogens is 140 g/mol. The average Bonchev–Trinajstić information content (AvgIpc) is 2.08. The molecule has 0 aromatic heterocycles. The Kier molecular flexibility index (Phi) is 7.15. The monoisotopic (exact) mass is 158 g/mol. The Hall–Kier alpha value is -0.570. The number of piperazine rings is 1. The van der Waals surface area contributed by atoms with Gasteiger partial charge in [-0.05, 0) is 0 Å². The highest BCUT2D eigenvalue weighted by molar-refractivity contribution is 5.47. The fourth-order valence-corrected chi connectivity index (χ4v) is 0.788. The molecule has 0 bridgehead atoms. The second-order valence-electron chi connectivity index (χ2n) is 2.60. The lowest BCUT2D eigenvalue weighted by molar-refractivity contribution is -0.118. The normalized spacial score (nSPS) is 16.7. The predicted molar refractivity (Wildman–Crippen MR) is 46.5 cm³/mol. The van der Waals surface area contributed by atoms with Gasteiger partial charge in [0.25, 0.3) is 0 Å². The highest BCUT2D eigenvalue weighted by atomic mass is 16.1. The van der Waals surface area contributed by atoms with Crippen LogP contribution in [0.3, 0.4) is 0 Å². The van der Waals surface area contributed by atoms with E-state index in [1.165, 1.54) is 6.42 Å². The minimum absolute atomic E-state index is 0.865. The molecule has 1 saturated heterocycles. The number of hydrogen-bond acceptors (Lipinski definition) is 2. The van der Waals surface area contributed by atoms with Gasteiger partial charge < -0.3 is 10.2 Å². The zero-order chi connectivity index (χ0) is 8.53. The van der Waals surface area contributed by atoms with Crippen molar-refractivity contribution in [2.24, 2.45) is 0 Å². The average molecular weight is 158 g/mol. The van der Waals surface area contributed by atoms with Crippen molar-refractivity contribution in [1.29, 1.82) is 0 Å². The molecule has 0 radical (unpaired) electrons. The molecule has 0 atom stereocenters. The van der Waals surface area contributed by atoms with Crippen LogP contribution in [-0.2, 0) is 4.79 Å². The molecule has 11 heavy (non-hydrogen) atoms. The van der Waals surface area contributed by atoms with Crippen molar-refractivity contribution in [2.75, 3.05) is 26.2 Å². The second-order valence-corrected chi connectivity index (χ2v) is 2.60. The summed E-state index contributed by atoms with van der Waals surface area (Å²) in [5, 5.41) is 3.15. The van der Waals surface area contributed by atoms with Crippen LogP contribution in [0.4, 0.5) is 0 Å². The lowest BCUT2D eigenvalue weighted by Crippen LogP contribution is -2.42. The van der Waals surface area contributed by atoms with Gasteiger partial charge in [-0.15, -0.1) is 0 Å². The molecule has 3 heteroatoms. The first-order valence-electron chi connectivity index (χ1n) is 4.25. The largest absolute Gasteiger partial charge is 0.343 e.